The molecular weight excluding hydrogens is 288 g/mol. The van der Waals surface area contributed by atoms with Crippen LogP contribution in [0.5, 0.6) is 0 Å². The van der Waals surface area contributed by atoms with Gasteiger partial charge >= 0.3 is 0 Å². The molecule has 90 valence electrons. The molecule has 17 heavy (non-hydrogen) atoms. The van der Waals surface area contributed by atoms with Crippen molar-refractivity contribution in [3.8, 4) is 12.3 Å². The second-order valence-corrected chi connectivity index (χ2v) is 3.98. The van der Waals surface area contributed by atoms with Crippen LogP contribution in [0.15, 0.2) is 15.5 Å². The molecule has 0 aromatic carbocycles. The maximum absolute atomic E-state index is 11.7. The van der Waals surface area contributed by atoms with E-state index in [1.165, 1.54) is 6.20 Å². The molecule has 1 rings (SSSR count). The van der Waals surface area contributed by atoms with Gasteiger partial charge in [-0.3, -0.25) is 9.59 Å². The van der Waals surface area contributed by atoms with Gasteiger partial charge in [-0.25, -0.2) is 4.68 Å². The van der Waals surface area contributed by atoms with E-state index in [1.54, 1.807) is 0 Å². The summed E-state index contributed by atoms with van der Waals surface area (Å²) in [4.78, 5) is 22.3. The lowest BCUT2D eigenvalue weighted by atomic mass is 10.4. The Morgan fingerprint density at radius 1 is 1.71 bits per heavy atom. The topological polar surface area (TPSA) is 90.0 Å². The number of hydrogen-bond acceptors (Lipinski definition) is 4. The molecule has 0 aliphatic rings. The number of anilines is 1. The molecule has 0 atom stereocenters. The van der Waals surface area contributed by atoms with Crippen molar-refractivity contribution in [3.63, 3.8) is 0 Å². The van der Waals surface area contributed by atoms with Gasteiger partial charge in [-0.1, -0.05) is 5.92 Å². The lowest BCUT2D eigenvalue weighted by Gasteiger charge is -2.08. The molecule has 0 aliphatic carbocycles. The van der Waals surface area contributed by atoms with E-state index in [0.717, 1.165) is 4.68 Å². The first-order valence-electron chi connectivity index (χ1n) is 4.77. The minimum Gasteiger partial charge on any atom is -0.382 e. The second kappa shape index (κ2) is 6.06. The summed E-state index contributed by atoms with van der Waals surface area (Å²) in [6, 6.07) is 0. The van der Waals surface area contributed by atoms with Crippen LogP contribution in [0.25, 0.3) is 0 Å². The number of halogens is 1. The van der Waals surface area contributed by atoms with Crippen LogP contribution in [-0.4, -0.2) is 22.2 Å². The number of nitrogens with two attached hydrogens (primary N) is 1. The highest BCUT2D eigenvalue weighted by Gasteiger charge is 2.07. The number of primary amides is 1. The molecule has 0 saturated heterocycles. The Balaban J connectivity index is 2.82. The number of aromatic nitrogens is 2. The summed E-state index contributed by atoms with van der Waals surface area (Å²) in [5.74, 6) is 1.91. The number of rotatable bonds is 5. The Morgan fingerprint density at radius 3 is 3.00 bits per heavy atom. The van der Waals surface area contributed by atoms with Crippen LogP contribution >= 0.6 is 15.9 Å². The van der Waals surface area contributed by atoms with Crippen molar-refractivity contribution in [3.05, 3.63) is 21.0 Å². The van der Waals surface area contributed by atoms with Crippen molar-refractivity contribution in [2.45, 2.75) is 13.0 Å². The summed E-state index contributed by atoms with van der Waals surface area (Å²) in [6.07, 6.45) is 6.74. The Hall–Kier alpha value is -1.81. The molecule has 3 N–H and O–H groups in total. The smallest absolute Gasteiger partial charge is 0.284 e. The van der Waals surface area contributed by atoms with Gasteiger partial charge in [-0.2, -0.15) is 5.10 Å². The van der Waals surface area contributed by atoms with Gasteiger partial charge < -0.3 is 11.1 Å². The molecule has 1 amide bonds. The Kier molecular flexibility index (Phi) is 4.72. The molecule has 7 heteroatoms. The maximum Gasteiger partial charge on any atom is 0.284 e. The quantitative estimate of drug-likeness (QED) is 0.745. The largest absolute Gasteiger partial charge is 0.382 e. The van der Waals surface area contributed by atoms with Crippen molar-refractivity contribution in [2.75, 3.05) is 11.9 Å². The van der Waals surface area contributed by atoms with Crippen molar-refractivity contribution in [1.29, 1.82) is 0 Å². The summed E-state index contributed by atoms with van der Waals surface area (Å²) in [7, 11) is 0. The highest BCUT2D eigenvalue weighted by Crippen LogP contribution is 2.15. The molecule has 1 aromatic heterocycles. The average molecular weight is 299 g/mol. The molecule has 1 heterocycles. The Labute approximate surface area is 106 Å². The van der Waals surface area contributed by atoms with Crippen molar-refractivity contribution < 1.29 is 4.79 Å². The highest BCUT2D eigenvalue weighted by molar-refractivity contribution is 9.10. The zero-order valence-corrected chi connectivity index (χ0v) is 10.5. The van der Waals surface area contributed by atoms with Gasteiger partial charge in [0.2, 0.25) is 5.91 Å². The predicted molar refractivity (Wildman–Crippen MR) is 67.3 cm³/mol. The van der Waals surface area contributed by atoms with E-state index in [9.17, 15) is 9.59 Å². The van der Waals surface area contributed by atoms with Crippen LogP contribution in [0.1, 0.15) is 6.42 Å². The number of hydrogen-bond donors (Lipinski definition) is 2. The first-order chi connectivity index (χ1) is 8.06. The summed E-state index contributed by atoms with van der Waals surface area (Å²) >= 11 is 3.15. The van der Waals surface area contributed by atoms with E-state index in [1.807, 2.05) is 0 Å². The van der Waals surface area contributed by atoms with Crippen LogP contribution in [0.3, 0.4) is 0 Å². The third-order valence-corrected chi connectivity index (χ3v) is 2.68. The fourth-order valence-corrected chi connectivity index (χ4v) is 1.56. The summed E-state index contributed by atoms with van der Waals surface area (Å²) in [5.41, 5.74) is 5.17. The molecule has 0 bridgehead atoms. The van der Waals surface area contributed by atoms with E-state index in [-0.39, 0.29) is 18.5 Å². The minimum absolute atomic E-state index is 0.110. The summed E-state index contributed by atoms with van der Waals surface area (Å²) in [6.45, 7) is 0.452. The molecule has 0 unspecified atom stereocenters. The van der Waals surface area contributed by atoms with E-state index in [2.05, 4.69) is 32.3 Å². The van der Waals surface area contributed by atoms with Crippen LogP contribution in [0.4, 0.5) is 5.69 Å². The van der Waals surface area contributed by atoms with Crippen LogP contribution in [-0.2, 0) is 11.3 Å². The van der Waals surface area contributed by atoms with E-state index in [4.69, 9.17) is 12.2 Å². The lowest BCUT2D eigenvalue weighted by Crippen LogP contribution is -2.24. The highest BCUT2D eigenvalue weighted by atomic mass is 79.9. The maximum atomic E-state index is 11.7. The molecule has 1 aromatic rings. The first-order valence-corrected chi connectivity index (χ1v) is 5.56. The van der Waals surface area contributed by atoms with Gasteiger partial charge in [-0.15, -0.1) is 6.42 Å². The lowest BCUT2D eigenvalue weighted by molar-refractivity contribution is -0.117. The van der Waals surface area contributed by atoms with Gasteiger partial charge in [0.1, 0.15) is 11.0 Å². The SMILES string of the molecule is C#CCn1ncc(NCCC(N)=O)c(Br)c1=O. The Bertz CT molecular complexity index is 518. The minimum atomic E-state index is -0.415. The third kappa shape index (κ3) is 3.60. The monoisotopic (exact) mass is 298 g/mol. The normalized spacial score (nSPS) is 9.65. The molecule has 0 spiro atoms. The molecule has 0 aliphatic heterocycles. The van der Waals surface area contributed by atoms with Gasteiger partial charge in [0.05, 0.1) is 11.9 Å². The standard InChI is InChI=1S/C10H11BrN4O2/c1-2-5-15-10(17)9(11)7(6-14-15)13-4-3-8(12)16/h1,6,13H,3-5H2,(H2,12,16). The molecule has 0 radical (unpaired) electrons. The fraction of sp³-hybridized carbons (Fsp3) is 0.300. The van der Waals surface area contributed by atoms with Crippen LogP contribution in [0, 0.1) is 12.3 Å². The number of amides is 1. The number of nitrogens with one attached hydrogen (secondary N) is 1. The van der Waals surface area contributed by atoms with Crippen molar-refractivity contribution >= 4 is 27.5 Å². The Morgan fingerprint density at radius 2 is 2.41 bits per heavy atom. The van der Waals surface area contributed by atoms with Crippen LogP contribution < -0.4 is 16.6 Å². The van der Waals surface area contributed by atoms with Crippen molar-refractivity contribution in [2.24, 2.45) is 5.73 Å². The van der Waals surface area contributed by atoms with Gasteiger partial charge in [0.15, 0.2) is 0 Å². The fourth-order valence-electron chi connectivity index (χ4n) is 1.11. The van der Waals surface area contributed by atoms with E-state index < -0.39 is 5.91 Å². The van der Waals surface area contributed by atoms with E-state index >= 15 is 0 Å². The summed E-state index contributed by atoms with van der Waals surface area (Å²) < 4.78 is 1.48. The number of carbonyl (C=O) groups is 1. The predicted octanol–water partition coefficient (Wildman–Crippen LogP) is -0.0737. The van der Waals surface area contributed by atoms with Gasteiger partial charge in [0.25, 0.3) is 5.56 Å². The first kappa shape index (κ1) is 13.3. The molecular formula is C10H11BrN4O2. The zero-order valence-electron chi connectivity index (χ0n) is 8.94. The number of carbonyl (C=O) groups excluding carboxylic acids is 1. The van der Waals surface area contributed by atoms with Crippen molar-refractivity contribution in [1.82, 2.24) is 9.78 Å². The zero-order chi connectivity index (χ0) is 12.8. The second-order valence-electron chi connectivity index (χ2n) is 3.18. The van der Waals surface area contributed by atoms with E-state index in [0.29, 0.717) is 16.7 Å². The van der Waals surface area contributed by atoms with Crippen LogP contribution in [0.2, 0.25) is 0 Å². The summed E-state index contributed by atoms with van der Waals surface area (Å²) in [5, 5.41) is 6.76. The van der Waals surface area contributed by atoms with Gasteiger partial charge in [0, 0.05) is 13.0 Å². The molecule has 6 nitrogen and oxygen atoms in total. The number of nitrogens with zero attached hydrogens (tertiary/aromatic N) is 2. The molecule has 0 fully saturated rings. The average Bonchev–Trinajstić information content (AvgIpc) is 2.28. The molecule has 0 saturated carbocycles. The van der Waals surface area contributed by atoms with Gasteiger partial charge in [-0.05, 0) is 15.9 Å². The number of terminal acetylenes is 1. The third-order valence-electron chi connectivity index (χ3n) is 1.91.